The van der Waals surface area contributed by atoms with Crippen molar-refractivity contribution in [1.29, 1.82) is 0 Å². The zero-order valence-electron chi connectivity index (χ0n) is 17.4. The predicted octanol–water partition coefficient (Wildman–Crippen LogP) is 3.59. The Labute approximate surface area is 187 Å². The molecule has 4 rings (SSSR count). The summed E-state index contributed by atoms with van der Waals surface area (Å²) in [5.74, 6) is -0.368. The maximum absolute atomic E-state index is 13.0. The summed E-state index contributed by atoms with van der Waals surface area (Å²) in [6.45, 7) is 1.99. The van der Waals surface area contributed by atoms with Crippen LogP contribution in [0.15, 0.2) is 67.0 Å². The molecule has 1 aliphatic heterocycles. The van der Waals surface area contributed by atoms with Gasteiger partial charge in [-0.15, -0.1) is 0 Å². The molecule has 1 fully saturated rings. The van der Waals surface area contributed by atoms with E-state index in [1.165, 1.54) is 5.56 Å². The molecule has 0 N–H and O–H groups in total. The van der Waals surface area contributed by atoms with Crippen LogP contribution < -0.4 is 0 Å². The van der Waals surface area contributed by atoms with Crippen molar-refractivity contribution in [3.05, 3.63) is 88.7 Å². The lowest BCUT2D eigenvalue weighted by Gasteiger charge is -2.21. The van der Waals surface area contributed by atoms with E-state index in [1.807, 2.05) is 53.3 Å². The Morgan fingerprint density at radius 1 is 1.10 bits per heavy atom. The van der Waals surface area contributed by atoms with Crippen molar-refractivity contribution < 1.29 is 9.59 Å². The normalized spacial score (nSPS) is 16.0. The molecule has 6 nitrogen and oxygen atoms in total. The monoisotopic (exact) mass is 436 g/mol. The third-order valence-electron chi connectivity index (χ3n) is 5.55. The molecular weight excluding hydrogens is 412 g/mol. The van der Waals surface area contributed by atoms with E-state index in [0.29, 0.717) is 31.2 Å². The SMILES string of the molecule is CN(Cc1cnn(Cc2ccccc2)c1)C(=O)C1CC(=O)N(Cc2ccccc2Cl)C1. The molecule has 3 aromatic rings. The lowest BCUT2D eigenvalue weighted by Crippen LogP contribution is -2.34. The Hall–Kier alpha value is -3.12. The van der Waals surface area contributed by atoms with E-state index in [-0.39, 0.29) is 24.2 Å². The van der Waals surface area contributed by atoms with E-state index in [1.54, 1.807) is 23.0 Å². The average molecular weight is 437 g/mol. The summed E-state index contributed by atoms with van der Waals surface area (Å²) in [5, 5.41) is 5.04. The summed E-state index contributed by atoms with van der Waals surface area (Å²) in [6, 6.07) is 17.6. The number of rotatable bonds is 7. The maximum Gasteiger partial charge on any atom is 0.228 e. The van der Waals surface area contributed by atoms with Gasteiger partial charge >= 0.3 is 0 Å². The molecule has 0 spiro atoms. The number of aromatic nitrogens is 2. The summed E-state index contributed by atoms with van der Waals surface area (Å²) in [5.41, 5.74) is 3.03. The van der Waals surface area contributed by atoms with Gasteiger partial charge in [0.05, 0.1) is 18.7 Å². The van der Waals surface area contributed by atoms with Crippen molar-refractivity contribution >= 4 is 23.4 Å². The highest BCUT2D eigenvalue weighted by Crippen LogP contribution is 2.25. The van der Waals surface area contributed by atoms with Gasteiger partial charge in [0.15, 0.2) is 0 Å². The van der Waals surface area contributed by atoms with Crippen molar-refractivity contribution in [3.63, 3.8) is 0 Å². The highest BCUT2D eigenvalue weighted by Gasteiger charge is 2.35. The first-order chi connectivity index (χ1) is 15.0. The zero-order chi connectivity index (χ0) is 21.8. The van der Waals surface area contributed by atoms with Gasteiger partial charge in [0.25, 0.3) is 0 Å². The second kappa shape index (κ2) is 9.35. The number of carbonyl (C=O) groups is 2. The van der Waals surface area contributed by atoms with E-state index >= 15 is 0 Å². The van der Waals surface area contributed by atoms with E-state index < -0.39 is 0 Å². The van der Waals surface area contributed by atoms with Crippen LogP contribution in [0.4, 0.5) is 0 Å². The minimum atomic E-state index is -0.334. The van der Waals surface area contributed by atoms with Crippen LogP contribution in [0.3, 0.4) is 0 Å². The molecule has 0 radical (unpaired) electrons. The molecule has 1 aromatic heterocycles. The Morgan fingerprint density at radius 2 is 1.84 bits per heavy atom. The minimum absolute atomic E-state index is 0.0117. The fraction of sp³-hybridized carbons (Fsp3) is 0.292. The molecule has 2 aromatic carbocycles. The lowest BCUT2D eigenvalue weighted by molar-refractivity contribution is -0.135. The maximum atomic E-state index is 13.0. The number of amides is 2. The van der Waals surface area contributed by atoms with E-state index in [2.05, 4.69) is 17.2 Å². The fourth-order valence-corrected chi connectivity index (χ4v) is 4.13. The zero-order valence-corrected chi connectivity index (χ0v) is 18.2. The van der Waals surface area contributed by atoms with Gasteiger partial charge in [0, 0.05) is 49.9 Å². The number of benzene rings is 2. The largest absolute Gasteiger partial charge is 0.341 e. The first-order valence-electron chi connectivity index (χ1n) is 10.3. The van der Waals surface area contributed by atoms with Crippen LogP contribution in [0.1, 0.15) is 23.1 Å². The van der Waals surface area contributed by atoms with Crippen LogP contribution >= 0.6 is 11.6 Å². The summed E-state index contributed by atoms with van der Waals surface area (Å²) in [7, 11) is 1.78. The summed E-state index contributed by atoms with van der Waals surface area (Å²) >= 11 is 6.22. The Morgan fingerprint density at radius 3 is 2.61 bits per heavy atom. The molecule has 1 aliphatic rings. The van der Waals surface area contributed by atoms with Gasteiger partial charge < -0.3 is 9.80 Å². The number of halogens is 1. The quantitative estimate of drug-likeness (QED) is 0.568. The van der Waals surface area contributed by atoms with Crippen molar-refractivity contribution in [2.24, 2.45) is 5.92 Å². The van der Waals surface area contributed by atoms with Gasteiger partial charge in [-0.25, -0.2) is 0 Å². The van der Waals surface area contributed by atoms with E-state index in [9.17, 15) is 9.59 Å². The summed E-state index contributed by atoms with van der Waals surface area (Å²) in [4.78, 5) is 28.8. The molecule has 0 aliphatic carbocycles. The highest BCUT2D eigenvalue weighted by atomic mass is 35.5. The standard InChI is InChI=1S/C24H25ClN4O2/c1-27(13-19-12-26-29(15-19)14-18-7-3-2-4-8-18)24(31)21-11-23(30)28(17-21)16-20-9-5-6-10-22(20)25/h2-10,12,15,21H,11,13-14,16-17H2,1H3. The molecule has 1 saturated heterocycles. The molecular formula is C24H25ClN4O2. The van der Waals surface area contributed by atoms with Gasteiger partial charge in [-0.05, 0) is 17.2 Å². The second-order valence-electron chi connectivity index (χ2n) is 7.99. The van der Waals surface area contributed by atoms with Crippen LogP contribution in [0.2, 0.25) is 5.02 Å². The summed E-state index contributed by atoms with van der Waals surface area (Å²) in [6.07, 6.45) is 3.98. The van der Waals surface area contributed by atoms with Crippen molar-refractivity contribution in [2.75, 3.05) is 13.6 Å². The third-order valence-corrected chi connectivity index (χ3v) is 5.92. The molecule has 1 unspecified atom stereocenters. The van der Waals surface area contributed by atoms with Crippen LogP contribution in [0, 0.1) is 5.92 Å². The lowest BCUT2D eigenvalue weighted by atomic mass is 10.1. The number of likely N-dealkylation sites (tertiary alicyclic amines) is 1. The number of hydrogen-bond donors (Lipinski definition) is 0. The Kier molecular flexibility index (Phi) is 6.37. The molecule has 31 heavy (non-hydrogen) atoms. The number of carbonyl (C=O) groups excluding carboxylic acids is 2. The van der Waals surface area contributed by atoms with E-state index in [0.717, 1.165) is 11.1 Å². The van der Waals surface area contributed by atoms with Crippen LogP contribution in [-0.4, -0.2) is 45.0 Å². The molecule has 7 heteroatoms. The highest BCUT2D eigenvalue weighted by molar-refractivity contribution is 6.31. The predicted molar refractivity (Wildman–Crippen MR) is 119 cm³/mol. The Balaban J connectivity index is 1.33. The van der Waals surface area contributed by atoms with Gasteiger partial charge in [0.2, 0.25) is 11.8 Å². The second-order valence-corrected chi connectivity index (χ2v) is 8.40. The van der Waals surface area contributed by atoms with Gasteiger partial charge in [-0.2, -0.15) is 5.10 Å². The minimum Gasteiger partial charge on any atom is -0.341 e. The summed E-state index contributed by atoms with van der Waals surface area (Å²) < 4.78 is 1.87. The van der Waals surface area contributed by atoms with Crippen molar-refractivity contribution in [3.8, 4) is 0 Å². The molecule has 2 heterocycles. The number of nitrogens with zero attached hydrogens (tertiary/aromatic N) is 4. The van der Waals surface area contributed by atoms with Crippen LogP contribution in [-0.2, 0) is 29.2 Å². The van der Waals surface area contributed by atoms with Gasteiger partial charge in [-0.3, -0.25) is 14.3 Å². The van der Waals surface area contributed by atoms with Crippen molar-refractivity contribution in [2.45, 2.75) is 26.1 Å². The molecule has 0 saturated carbocycles. The van der Waals surface area contributed by atoms with E-state index in [4.69, 9.17) is 11.6 Å². The fourth-order valence-electron chi connectivity index (χ4n) is 3.93. The topological polar surface area (TPSA) is 58.4 Å². The molecule has 0 bridgehead atoms. The molecule has 1 atom stereocenters. The average Bonchev–Trinajstić information content (AvgIpc) is 3.36. The Bertz CT molecular complexity index is 1070. The third kappa shape index (κ3) is 5.14. The first kappa shape index (κ1) is 21.1. The smallest absolute Gasteiger partial charge is 0.228 e. The van der Waals surface area contributed by atoms with Crippen LogP contribution in [0.5, 0.6) is 0 Å². The van der Waals surface area contributed by atoms with Crippen LogP contribution in [0.25, 0.3) is 0 Å². The first-order valence-corrected chi connectivity index (χ1v) is 10.7. The number of hydrogen-bond acceptors (Lipinski definition) is 3. The molecule has 2 amide bonds. The van der Waals surface area contributed by atoms with Crippen molar-refractivity contribution in [1.82, 2.24) is 19.6 Å². The van der Waals surface area contributed by atoms with Gasteiger partial charge in [0.1, 0.15) is 0 Å². The van der Waals surface area contributed by atoms with Gasteiger partial charge in [-0.1, -0.05) is 60.1 Å². The molecule has 160 valence electrons.